The predicted molar refractivity (Wildman–Crippen MR) is 109 cm³/mol. The van der Waals surface area contributed by atoms with E-state index in [9.17, 15) is 0 Å². The molecule has 4 nitrogen and oxygen atoms in total. The normalized spacial score (nSPS) is 19.7. The minimum Gasteiger partial charge on any atom is -0.326 e. The van der Waals surface area contributed by atoms with Gasteiger partial charge in [-0.05, 0) is 37.1 Å². The highest BCUT2D eigenvalue weighted by Crippen LogP contribution is 2.26. The Kier molecular flexibility index (Phi) is 5.50. The van der Waals surface area contributed by atoms with Crippen LogP contribution in [0.4, 0.5) is 11.4 Å². The number of hydrogen-bond acceptors (Lipinski definition) is 4. The first kappa shape index (κ1) is 17.1. The Morgan fingerprint density at radius 1 is 0.808 bits per heavy atom. The van der Waals surface area contributed by atoms with E-state index in [-0.39, 0.29) is 0 Å². The van der Waals surface area contributed by atoms with Crippen LogP contribution in [0.25, 0.3) is 0 Å². The second-order valence-electron chi connectivity index (χ2n) is 7.25. The molecule has 1 fully saturated rings. The summed E-state index contributed by atoms with van der Waals surface area (Å²) in [4.78, 5) is 9.78. The molecule has 0 atom stereocenters. The van der Waals surface area contributed by atoms with Crippen LogP contribution in [0.3, 0.4) is 0 Å². The van der Waals surface area contributed by atoms with Crippen molar-refractivity contribution < 1.29 is 0 Å². The van der Waals surface area contributed by atoms with E-state index in [1.165, 1.54) is 44.2 Å². The van der Waals surface area contributed by atoms with Crippen LogP contribution in [0.2, 0.25) is 0 Å². The van der Waals surface area contributed by atoms with Crippen LogP contribution in [0, 0.1) is 0 Å². The summed E-state index contributed by atoms with van der Waals surface area (Å²) in [6.07, 6.45) is 8.09. The minimum atomic E-state index is 0.658. The molecule has 4 rings (SSSR count). The van der Waals surface area contributed by atoms with Crippen molar-refractivity contribution in [3.05, 3.63) is 60.7 Å². The molecule has 1 heterocycles. The first-order valence-electron chi connectivity index (χ1n) is 9.83. The summed E-state index contributed by atoms with van der Waals surface area (Å²) in [7, 11) is 0. The van der Waals surface area contributed by atoms with E-state index in [1.807, 2.05) is 6.07 Å². The Hall–Kier alpha value is -2.33. The summed E-state index contributed by atoms with van der Waals surface area (Å²) in [5, 5.41) is 3.51. The smallest absolute Gasteiger partial charge is 0.205 e. The zero-order valence-corrected chi connectivity index (χ0v) is 15.3. The third-order valence-corrected chi connectivity index (χ3v) is 5.42. The van der Waals surface area contributed by atoms with Crippen molar-refractivity contribution in [2.75, 3.05) is 23.6 Å². The second kappa shape index (κ2) is 8.37. The number of anilines is 2. The molecule has 0 saturated heterocycles. The maximum absolute atomic E-state index is 4.93. The van der Waals surface area contributed by atoms with Crippen LogP contribution in [0.5, 0.6) is 0 Å². The molecule has 2 aromatic rings. The van der Waals surface area contributed by atoms with Crippen LogP contribution in [-0.2, 0) is 0 Å². The topological polar surface area (TPSA) is 30.9 Å². The van der Waals surface area contributed by atoms with Crippen molar-refractivity contribution in [1.29, 1.82) is 0 Å². The average molecular weight is 348 g/mol. The fourth-order valence-corrected chi connectivity index (χ4v) is 3.96. The van der Waals surface area contributed by atoms with Gasteiger partial charge in [0.25, 0.3) is 0 Å². The molecule has 1 N–H and O–H groups in total. The molecule has 1 aliphatic heterocycles. The third-order valence-electron chi connectivity index (χ3n) is 5.42. The molecule has 0 spiro atoms. The maximum atomic E-state index is 4.93. The fraction of sp³-hybridized carbons (Fsp3) is 0.409. The summed E-state index contributed by atoms with van der Waals surface area (Å²) < 4.78 is 0. The number of nitrogens with one attached hydrogen (secondary N) is 1. The summed E-state index contributed by atoms with van der Waals surface area (Å²) in [5.41, 5.74) is 2.27. The quantitative estimate of drug-likeness (QED) is 0.799. The van der Waals surface area contributed by atoms with Crippen LogP contribution < -0.4 is 10.2 Å². The van der Waals surface area contributed by atoms with Gasteiger partial charge in [-0.25, -0.2) is 4.99 Å². The zero-order chi connectivity index (χ0) is 17.6. The van der Waals surface area contributed by atoms with Gasteiger partial charge in [0, 0.05) is 17.4 Å². The van der Waals surface area contributed by atoms with Crippen LogP contribution in [0.15, 0.2) is 65.7 Å². The van der Waals surface area contributed by atoms with Crippen LogP contribution >= 0.6 is 0 Å². The lowest BCUT2D eigenvalue weighted by Crippen LogP contribution is -2.52. The highest BCUT2D eigenvalue weighted by atomic mass is 15.5. The summed E-state index contributed by atoms with van der Waals surface area (Å²) in [6, 6.07) is 21.6. The molecular formula is C22H28N4. The van der Waals surface area contributed by atoms with Gasteiger partial charge in [-0.3, -0.25) is 9.80 Å². The monoisotopic (exact) mass is 348 g/mol. The molecule has 1 saturated carbocycles. The Morgan fingerprint density at radius 3 is 2.15 bits per heavy atom. The zero-order valence-electron chi connectivity index (χ0n) is 15.3. The van der Waals surface area contributed by atoms with Gasteiger partial charge < -0.3 is 5.32 Å². The molecule has 26 heavy (non-hydrogen) atoms. The highest BCUT2D eigenvalue weighted by molar-refractivity contribution is 6.05. The van der Waals surface area contributed by atoms with Crippen molar-refractivity contribution >= 4 is 17.3 Å². The molecule has 2 aromatic carbocycles. The fourth-order valence-electron chi connectivity index (χ4n) is 3.96. The summed E-state index contributed by atoms with van der Waals surface area (Å²) >= 11 is 0. The van der Waals surface area contributed by atoms with Gasteiger partial charge in [-0.1, -0.05) is 62.1 Å². The lowest BCUT2D eigenvalue weighted by atomic mass is 10.1. The molecule has 0 aromatic heterocycles. The van der Waals surface area contributed by atoms with Gasteiger partial charge in [0.1, 0.15) is 0 Å². The molecule has 136 valence electrons. The minimum absolute atomic E-state index is 0.658. The summed E-state index contributed by atoms with van der Waals surface area (Å²) in [6.45, 7) is 1.68. The maximum Gasteiger partial charge on any atom is 0.205 e. The molecule has 4 heteroatoms. The third kappa shape index (κ3) is 4.07. The predicted octanol–water partition coefficient (Wildman–Crippen LogP) is 4.91. The number of nitrogens with zero attached hydrogens (tertiary/aromatic N) is 3. The number of aliphatic imine (C=N–C) groups is 1. The van der Waals surface area contributed by atoms with E-state index >= 15 is 0 Å². The largest absolute Gasteiger partial charge is 0.326 e. The standard InChI is InChI=1S/C22H28N4/c1-2-8-14-20(13-7-1)25-17-23-22(24-19-11-5-3-6-12-19)26(18-25)21-15-9-4-10-16-21/h3-6,9-12,15-16,20H,1-2,7-8,13-14,17-18H2,(H,23,24). The van der Waals surface area contributed by atoms with Crippen LogP contribution in [0.1, 0.15) is 38.5 Å². The van der Waals surface area contributed by atoms with Gasteiger partial charge in [0.15, 0.2) is 0 Å². The molecule has 0 unspecified atom stereocenters. The van der Waals surface area contributed by atoms with E-state index in [2.05, 4.69) is 69.7 Å². The van der Waals surface area contributed by atoms with E-state index in [0.717, 1.165) is 25.0 Å². The Morgan fingerprint density at radius 2 is 1.46 bits per heavy atom. The number of rotatable bonds is 3. The van der Waals surface area contributed by atoms with Gasteiger partial charge in [0.05, 0.1) is 13.3 Å². The molecule has 1 aliphatic carbocycles. The van der Waals surface area contributed by atoms with Crippen molar-refractivity contribution in [2.24, 2.45) is 4.99 Å². The van der Waals surface area contributed by atoms with Crippen molar-refractivity contribution in [3.8, 4) is 0 Å². The molecule has 0 bridgehead atoms. The van der Waals surface area contributed by atoms with Crippen molar-refractivity contribution in [1.82, 2.24) is 4.90 Å². The molecule has 0 amide bonds. The Balaban J connectivity index is 1.57. The average Bonchev–Trinajstić information content (AvgIpc) is 2.99. The number of guanidine groups is 1. The lowest BCUT2D eigenvalue weighted by Gasteiger charge is -2.40. The van der Waals surface area contributed by atoms with Crippen LogP contribution in [-0.4, -0.2) is 30.2 Å². The second-order valence-corrected chi connectivity index (χ2v) is 7.25. The number of para-hydroxylation sites is 2. The van der Waals surface area contributed by atoms with E-state index in [1.54, 1.807) is 0 Å². The van der Waals surface area contributed by atoms with Gasteiger partial charge in [-0.2, -0.15) is 0 Å². The van der Waals surface area contributed by atoms with Gasteiger partial charge >= 0.3 is 0 Å². The Labute approximate surface area is 156 Å². The molecule has 0 radical (unpaired) electrons. The Bertz CT molecular complexity index is 705. The molecule has 2 aliphatic rings. The first-order valence-corrected chi connectivity index (χ1v) is 9.83. The van der Waals surface area contributed by atoms with E-state index in [0.29, 0.717) is 6.04 Å². The lowest BCUT2D eigenvalue weighted by molar-refractivity contribution is 0.183. The SMILES string of the molecule is c1ccc(NC2=NCN(C3CCCCCC3)CN2c2ccccc2)cc1. The van der Waals surface area contributed by atoms with Gasteiger partial charge in [-0.15, -0.1) is 0 Å². The first-order chi connectivity index (χ1) is 12.9. The highest BCUT2D eigenvalue weighted by Gasteiger charge is 2.27. The molecular weight excluding hydrogens is 320 g/mol. The van der Waals surface area contributed by atoms with Crippen molar-refractivity contribution in [2.45, 2.75) is 44.6 Å². The summed E-state index contributed by atoms with van der Waals surface area (Å²) in [5.74, 6) is 0.937. The number of hydrogen-bond donors (Lipinski definition) is 1. The van der Waals surface area contributed by atoms with Crippen molar-refractivity contribution in [3.63, 3.8) is 0 Å². The number of benzene rings is 2. The van der Waals surface area contributed by atoms with E-state index < -0.39 is 0 Å². The van der Waals surface area contributed by atoms with E-state index in [4.69, 9.17) is 4.99 Å². The van der Waals surface area contributed by atoms with Gasteiger partial charge in [0.2, 0.25) is 5.96 Å².